The fraction of sp³-hybridized carbons (Fsp3) is 0.571. The molecular formula is C14H17F3N2O3. The van der Waals surface area contributed by atoms with E-state index in [4.69, 9.17) is 0 Å². The number of hydrogen-bond donors (Lipinski definition) is 2. The number of alkyl halides is 3. The summed E-state index contributed by atoms with van der Waals surface area (Å²) in [7, 11) is 0. The van der Waals surface area contributed by atoms with Crippen LogP contribution in [0.2, 0.25) is 0 Å². The summed E-state index contributed by atoms with van der Waals surface area (Å²) >= 11 is 0. The molecule has 1 aromatic rings. The van der Waals surface area contributed by atoms with E-state index in [-0.39, 0.29) is 24.6 Å². The van der Waals surface area contributed by atoms with Crippen LogP contribution in [0.5, 0.6) is 0 Å². The van der Waals surface area contributed by atoms with Gasteiger partial charge in [-0.1, -0.05) is 0 Å². The van der Waals surface area contributed by atoms with Crippen LogP contribution in [0.15, 0.2) is 0 Å². The Bertz CT molecular complexity index is 579. The van der Waals surface area contributed by atoms with E-state index in [1.807, 2.05) is 0 Å². The van der Waals surface area contributed by atoms with Crippen molar-refractivity contribution in [3.8, 4) is 0 Å². The maximum atomic E-state index is 12.0. The standard InChI is InChI=1S/C14H17F3N2O3/c1-8-11-9(3-2-4-10(11)20)19-12(8)13(21)18-5-6-22-7-14(15,16)17/h19H,2-7H2,1H3,(H,18,21). The molecule has 0 saturated carbocycles. The van der Waals surface area contributed by atoms with Gasteiger partial charge in [-0.05, 0) is 25.3 Å². The van der Waals surface area contributed by atoms with E-state index in [9.17, 15) is 22.8 Å². The number of aromatic amines is 1. The lowest BCUT2D eigenvalue weighted by Crippen LogP contribution is -2.29. The number of rotatable bonds is 5. The van der Waals surface area contributed by atoms with Gasteiger partial charge in [0, 0.05) is 24.2 Å². The zero-order chi connectivity index (χ0) is 16.3. The predicted octanol–water partition coefficient (Wildman–Crippen LogP) is 2.15. The van der Waals surface area contributed by atoms with Crippen LogP contribution < -0.4 is 5.32 Å². The fourth-order valence-corrected chi connectivity index (χ4v) is 2.51. The summed E-state index contributed by atoms with van der Waals surface area (Å²) in [5, 5.41) is 2.48. The van der Waals surface area contributed by atoms with Gasteiger partial charge in [0.2, 0.25) is 0 Å². The van der Waals surface area contributed by atoms with Gasteiger partial charge in [-0.25, -0.2) is 0 Å². The maximum Gasteiger partial charge on any atom is 0.411 e. The highest BCUT2D eigenvalue weighted by Gasteiger charge is 2.28. The van der Waals surface area contributed by atoms with Gasteiger partial charge < -0.3 is 15.0 Å². The molecule has 0 atom stereocenters. The molecule has 2 N–H and O–H groups in total. The number of nitrogens with one attached hydrogen (secondary N) is 2. The Morgan fingerprint density at radius 3 is 2.73 bits per heavy atom. The van der Waals surface area contributed by atoms with Crippen molar-refractivity contribution >= 4 is 11.7 Å². The van der Waals surface area contributed by atoms with Crippen molar-refractivity contribution in [2.24, 2.45) is 0 Å². The molecule has 22 heavy (non-hydrogen) atoms. The number of carbonyl (C=O) groups is 2. The van der Waals surface area contributed by atoms with Crippen LogP contribution in [0.4, 0.5) is 13.2 Å². The van der Waals surface area contributed by atoms with Gasteiger partial charge in [0.1, 0.15) is 12.3 Å². The van der Waals surface area contributed by atoms with Crippen LogP contribution in [-0.4, -0.2) is 42.6 Å². The van der Waals surface area contributed by atoms with E-state index in [1.54, 1.807) is 6.92 Å². The van der Waals surface area contributed by atoms with E-state index in [1.165, 1.54) is 0 Å². The third-order valence-corrected chi connectivity index (χ3v) is 3.46. The van der Waals surface area contributed by atoms with Gasteiger partial charge >= 0.3 is 6.18 Å². The number of ether oxygens (including phenoxy) is 1. The van der Waals surface area contributed by atoms with E-state index in [2.05, 4.69) is 15.0 Å². The highest BCUT2D eigenvalue weighted by molar-refractivity contribution is 6.04. The maximum absolute atomic E-state index is 12.0. The minimum Gasteiger partial charge on any atom is -0.370 e. The molecule has 0 fully saturated rings. The zero-order valence-electron chi connectivity index (χ0n) is 12.1. The summed E-state index contributed by atoms with van der Waals surface area (Å²) < 4.78 is 40.0. The van der Waals surface area contributed by atoms with Crippen molar-refractivity contribution in [1.29, 1.82) is 0 Å². The SMILES string of the molecule is Cc1c(C(=O)NCCOCC(F)(F)F)[nH]c2c1C(=O)CCC2. The second-order valence-electron chi connectivity index (χ2n) is 5.18. The first-order valence-corrected chi connectivity index (χ1v) is 6.97. The Kier molecular flexibility index (Phi) is 4.90. The van der Waals surface area contributed by atoms with Gasteiger partial charge in [0.05, 0.1) is 6.61 Å². The van der Waals surface area contributed by atoms with Crippen molar-refractivity contribution in [3.05, 3.63) is 22.5 Å². The van der Waals surface area contributed by atoms with Gasteiger partial charge in [-0.15, -0.1) is 0 Å². The number of Topliss-reactive ketones (excluding diaryl/α,β-unsaturated/α-hetero) is 1. The highest BCUT2D eigenvalue weighted by Crippen LogP contribution is 2.26. The molecule has 1 heterocycles. The van der Waals surface area contributed by atoms with Crippen LogP contribution in [0.25, 0.3) is 0 Å². The fourth-order valence-electron chi connectivity index (χ4n) is 2.51. The number of aryl methyl sites for hydroxylation is 1. The van der Waals surface area contributed by atoms with Crippen LogP contribution in [0.1, 0.15) is 44.9 Å². The summed E-state index contributed by atoms with van der Waals surface area (Å²) in [6, 6.07) is 0. The molecule has 0 bridgehead atoms. The topological polar surface area (TPSA) is 71.2 Å². The second kappa shape index (κ2) is 6.51. The van der Waals surface area contributed by atoms with Gasteiger partial charge in [0.15, 0.2) is 5.78 Å². The molecule has 122 valence electrons. The summed E-state index contributed by atoms with van der Waals surface area (Å²) in [5.74, 6) is -0.433. The van der Waals surface area contributed by atoms with Gasteiger partial charge in [-0.3, -0.25) is 9.59 Å². The van der Waals surface area contributed by atoms with Crippen LogP contribution in [0.3, 0.4) is 0 Å². The second-order valence-corrected chi connectivity index (χ2v) is 5.18. The monoisotopic (exact) mass is 318 g/mol. The average molecular weight is 318 g/mol. The first-order valence-electron chi connectivity index (χ1n) is 6.97. The van der Waals surface area contributed by atoms with Crippen molar-refractivity contribution in [3.63, 3.8) is 0 Å². The van der Waals surface area contributed by atoms with E-state index in [0.717, 1.165) is 12.1 Å². The number of halogens is 3. The summed E-state index contributed by atoms with van der Waals surface area (Å²) in [6.45, 7) is 0.0798. The molecular weight excluding hydrogens is 301 g/mol. The van der Waals surface area contributed by atoms with Gasteiger partial charge in [0.25, 0.3) is 5.91 Å². The Morgan fingerprint density at radius 1 is 1.36 bits per heavy atom. The lowest BCUT2D eigenvalue weighted by atomic mass is 9.94. The van der Waals surface area contributed by atoms with Crippen molar-refractivity contribution in [1.82, 2.24) is 10.3 Å². The summed E-state index contributed by atoms with van der Waals surface area (Å²) in [4.78, 5) is 26.8. The van der Waals surface area contributed by atoms with Gasteiger partial charge in [-0.2, -0.15) is 13.2 Å². The van der Waals surface area contributed by atoms with Crippen molar-refractivity contribution in [2.75, 3.05) is 19.8 Å². The number of hydrogen-bond acceptors (Lipinski definition) is 3. The number of ketones is 1. The number of carbonyl (C=O) groups excluding carboxylic acids is 2. The predicted molar refractivity (Wildman–Crippen MR) is 72.0 cm³/mol. The first kappa shape index (κ1) is 16.5. The van der Waals surface area contributed by atoms with E-state index < -0.39 is 18.7 Å². The Morgan fingerprint density at radius 2 is 2.09 bits per heavy atom. The minimum absolute atomic E-state index is 0.0163. The van der Waals surface area contributed by atoms with Crippen LogP contribution >= 0.6 is 0 Å². The Hall–Kier alpha value is -1.83. The molecule has 1 aliphatic carbocycles. The molecule has 1 amide bonds. The molecule has 1 aliphatic rings. The lowest BCUT2D eigenvalue weighted by Gasteiger charge is -2.09. The molecule has 0 unspecified atom stereocenters. The smallest absolute Gasteiger partial charge is 0.370 e. The summed E-state index contributed by atoms with van der Waals surface area (Å²) in [6.07, 6.45) is -2.44. The number of aromatic nitrogens is 1. The molecule has 0 aliphatic heterocycles. The molecule has 0 spiro atoms. The largest absolute Gasteiger partial charge is 0.411 e. The normalized spacial score (nSPS) is 14.8. The van der Waals surface area contributed by atoms with E-state index >= 15 is 0 Å². The highest BCUT2D eigenvalue weighted by atomic mass is 19.4. The minimum atomic E-state index is -4.38. The molecule has 0 radical (unpaired) electrons. The molecule has 1 aromatic heterocycles. The first-order chi connectivity index (χ1) is 10.3. The average Bonchev–Trinajstić information content (AvgIpc) is 2.75. The number of H-pyrrole nitrogens is 1. The molecule has 0 saturated heterocycles. The molecule has 2 rings (SSSR count). The zero-order valence-corrected chi connectivity index (χ0v) is 12.1. The number of fused-ring (bicyclic) bond motifs is 1. The van der Waals surface area contributed by atoms with E-state index in [0.29, 0.717) is 24.0 Å². The molecule has 0 aromatic carbocycles. The molecule has 8 heteroatoms. The Balaban J connectivity index is 1.90. The van der Waals surface area contributed by atoms with Crippen molar-refractivity contribution in [2.45, 2.75) is 32.4 Å². The molecule has 5 nitrogen and oxygen atoms in total. The third-order valence-electron chi connectivity index (χ3n) is 3.46. The van der Waals surface area contributed by atoms with Crippen molar-refractivity contribution < 1.29 is 27.5 Å². The lowest BCUT2D eigenvalue weighted by molar-refractivity contribution is -0.173. The summed E-state index contributed by atoms with van der Waals surface area (Å²) in [5.41, 5.74) is 2.21. The van der Waals surface area contributed by atoms with Crippen LogP contribution in [-0.2, 0) is 11.2 Å². The quantitative estimate of drug-likeness (QED) is 0.817. The Labute approximate surface area is 125 Å². The van der Waals surface area contributed by atoms with Crippen LogP contribution in [0, 0.1) is 6.92 Å². The number of amides is 1. The third kappa shape index (κ3) is 3.88.